The second-order valence-corrected chi connectivity index (χ2v) is 7.11. The number of amides is 1. The maximum atomic E-state index is 12.7. The van der Waals surface area contributed by atoms with Crippen LogP contribution in [0.1, 0.15) is 51.1 Å². The van der Waals surface area contributed by atoms with Crippen molar-refractivity contribution in [2.24, 2.45) is 11.3 Å². The van der Waals surface area contributed by atoms with E-state index in [0.717, 1.165) is 24.4 Å². The van der Waals surface area contributed by atoms with Crippen molar-refractivity contribution < 1.29 is 4.79 Å². The van der Waals surface area contributed by atoms with Crippen LogP contribution < -0.4 is 0 Å². The fraction of sp³-hybridized carbons (Fsp3) is 0.588. The molecule has 0 N–H and O–H groups in total. The lowest BCUT2D eigenvalue weighted by Gasteiger charge is -2.55. The van der Waals surface area contributed by atoms with Gasteiger partial charge in [0.2, 0.25) is 5.91 Å². The third-order valence-corrected chi connectivity index (χ3v) is 5.02. The van der Waals surface area contributed by atoms with Crippen LogP contribution in [0.4, 0.5) is 0 Å². The summed E-state index contributed by atoms with van der Waals surface area (Å²) in [4.78, 5) is 14.8. The van der Waals surface area contributed by atoms with Crippen molar-refractivity contribution in [2.75, 3.05) is 6.54 Å². The smallest absolute Gasteiger partial charge is 0.231 e. The normalized spacial score (nSPS) is 24.5. The van der Waals surface area contributed by atoms with E-state index in [4.69, 9.17) is 11.6 Å². The predicted octanol–water partition coefficient (Wildman–Crippen LogP) is 4.44. The molecule has 1 heterocycles. The maximum Gasteiger partial charge on any atom is 0.231 e. The van der Waals surface area contributed by atoms with E-state index in [0.29, 0.717) is 11.8 Å². The Kier molecular flexibility index (Phi) is 3.53. The molecule has 1 saturated heterocycles. The summed E-state index contributed by atoms with van der Waals surface area (Å²) in [5.41, 5.74) is 1.14. The molecule has 1 amide bonds. The van der Waals surface area contributed by atoms with Crippen molar-refractivity contribution in [2.45, 2.75) is 45.6 Å². The number of carbonyl (C=O) groups excluding carboxylic acids is 1. The lowest BCUT2D eigenvalue weighted by atomic mass is 9.66. The van der Waals surface area contributed by atoms with E-state index in [1.54, 1.807) is 0 Å². The molecule has 3 heteroatoms. The minimum Gasteiger partial charge on any atom is -0.334 e. The molecular formula is C17H22ClNO. The van der Waals surface area contributed by atoms with E-state index < -0.39 is 0 Å². The number of nitrogens with zero attached hydrogens (tertiary/aromatic N) is 1. The minimum atomic E-state index is -0.108. The number of benzene rings is 1. The summed E-state index contributed by atoms with van der Waals surface area (Å²) in [7, 11) is 0. The number of β-lactam (4-membered cyclic amide) rings is 1. The fourth-order valence-corrected chi connectivity index (χ4v) is 4.10. The molecule has 0 aromatic heterocycles. The van der Waals surface area contributed by atoms with E-state index in [-0.39, 0.29) is 11.5 Å². The van der Waals surface area contributed by atoms with Crippen LogP contribution in [0.25, 0.3) is 0 Å². The first kappa shape index (κ1) is 13.9. The molecule has 3 rings (SSSR count). The number of likely N-dealkylation sites (tertiary alicyclic amines) is 1. The molecule has 1 atom stereocenters. The maximum absolute atomic E-state index is 12.7. The van der Waals surface area contributed by atoms with Gasteiger partial charge in [-0.05, 0) is 36.5 Å². The third-order valence-electron chi connectivity index (χ3n) is 4.77. The average Bonchev–Trinajstić information content (AvgIpc) is 2.91. The Hall–Kier alpha value is -1.02. The van der Waals surface area contributed by atoms with Crippen molar-refractivity contribution in [3.63, 3.8) is 0 Å². The summed E-state index contributed by atoms with van der Waals surface area (Å²) in [6.07, 6.45) is 4.47. The van der Waals surface area contributed by atoms with Gasteiger partial charge in [0.15, 0.2) is 0 Å². The second-order valence-electron chi connectivity index (χ2n) is 6.67. The SMILES string of the molecule is CC(C)CN1C(=O)C2(CCCC2)[C@H]1c1ccc(Cl)cc1. The first-order valence-electron chi connectivity index (χ1n) is 7.61. The first-order valence-corrected chi connectivity index (χ1v) is 7.99. The van der Waals surface area contributed by atoms with Gasteiger partial charge in [-0.2, -0.15) is 0 Å². The van der Waals surface area contributed by atoms with Gasteiger partial charge in [0.25, 0.3) is 0 Å². The summed E-state index contributed by atoms with van der Waals surface area (Å²) >= 11 is 6.00. The van der Waals surface area contributed by atoms with Crippen LogP contribution in [0, 0.1) is 11.3 Å². The van der Waals surface area contributed by atoms with Crippen molar-refractivity contribution >= 4 is 17.5 Å². The fourth-order valence-electron chi connectivity index (χ4n) is 3.97. The van der Waals surface area contributed by atoms with Crippen molar-refractivity contribution in [3.05, 3.63) is 34.9 Å². The second kappa shape index (κ2) is 5.07. The van der Waals surface area contributed by atoms with Crippen molar-refractivity contribution in [3.8, 4) is 0 Å². The highest BCUT2D eigenvalue weighted by atomic mass is 35.5. The zero-order valence-electron chi connectivity index (χ0n) is 12.2. The number of carbonyl (C=O) groups is 1. The van der Waals surface area contributed by atoms with Gasteiger partial charge in [0.1, 0.15) is 0 Å². The highest BCUT2D eigenvalue weighted by Crippen LogP contribution is 2.59. The van der Waals surface area contributed by atoms with Crippen molar-refractivity contribution in [1.82, 2.24) is 4.90 Å². The standard InChI is InChI=1S/C17H22ClNO/c1-12(2)11-19-15(13-5-7-14(18)8-6-13)17(16(19)20)9-3-4-10-17/h5-8,12,15H,3-4,9-11H2,1-2H3/t15-/m1/s1. The minimum absolute atomic E-state index is 0.108. The van der Waals surface area contributed by atoms with E-state index >= 15 is 0 Å². The first-order chi connectivity index (χ1) is 9.54. The zero-order chi connectivity index (χ0) is 14.3. The van der Waals surface area contributed by atoms with Gasteiger partial charge in [-0.3, -0.25) is 4.79 Å². The Morgan fingerprint density at radius 2 is 1.85 bits per heavy atom. The molecule has 2 fully saturated rings. The summed E-state index contributed by atoms with van der Waals surface area (Å²) in [5, 5.41) is 0.760. The van der Waals surface area contributed by atoms with Gasteiger partial charge < -0.3 is 4.90 Å². The Morgan fingerprint density at radius 1 is 1.25 bits per heavy atom. The molecule has 0 bridgehead atoms. The van der Waals surface area contributed by atoms with E-state index in [1.165, 1.54) is 18.4 Å². The van der Waals surface area contributed by atoms with Crippen LogP contribution in [0.2, 0.25) is 5.02 Å². The quantitative estimate of drug-likeness (QED) is 0.754. The summed E-state index contributed by atoms with van der Waals surface area (Å²) in [6.45, 7) is 5.20. The summed E-state index contributed by atoms with van der Waals surface area (Å²) < 4.78 is 0. The highest BCUT2D eigenvalue weighted by molar-refractivity contribution is 6.30. The van der Waals surface area contributed by atoms with Crippen LogP contribution in [0.5, 0.6) is 0 Å². The van der Waals surface area contributed by atoms with Gasteiger partial charge in [-0.1, -0.05) is 50.4 Å². The van der Waals surface area contributed by atoms with Crippen LogP contribution in [-0.4, -0.2) is 17.4 Å². The van der Waals surface area contributed by atoms with Gasteiger partial charge in [0, 0.05) is 11.6 Å². The van der Waals surface area contributed by atoms with Crippen LogP contribution in [0.15, 0.2) is 24.3 Å². The predicted molar refractivity (Wildman–Crippen MR) is 81.6 cm³/mol. The van der Waals surface area contributed by atoms with Gasteiger partial charge >= 0.3 is 0 Å². The number of rotatable bonds is 3. The van der Waals surface area contributed by atoms with E-state index in [1.807, 2.05) is 12.1 Å². The average molecular weight is 292 g/mol. The molecule has 0 unspecified atom stereocenters. The van der Waals surface area contributed by atoms with Gasteiger partial charge in [0.05, 0.1) is 11.5 Å². The highest BCUT2D eigenvalue weighted by Gasteiger charge is 2.61. The Balaban J connectivity index is 1.93. The van der Waals surface area contributed by atoms with Crippen LogP contribution >= 0.6 is 11.6 Å². The molecule has 20 heavy (non-hydrogen) atoms. The molecule has 1 spiro atoms. The largest absolute Gasteiger partial charge is 0.334 e. The Labute approximate surface area is 126 Å². The van der Waals surface area contributed by atoms with Crippen LogP contribution in [0.3, 0.4) is 0 Å². The molecular weight excluding hydrogens is 270 g/mol. The topological polar surface area (TPSA) is 20.3 Å². The molecule has 108 valence electrons. The number of hydrogen-bond donors (Lipinski definition) is 0. The molecule has 0 radical (unpaired) electrons. The lowest BCUT2D eigenvalue weighted by molar-refractivity contribution is -0.174. The lowest BCUT2D eigenvalue weighted by Crippen LogP contribution is -2.62. The van der Waals surface area contributed by atoms with Crippen molar-refractivity contribution in [1.29, 1.82) is 0 Å². The summed E-state index contributed by atoms with van der Waals surface area (Å²) in [6, 6.07) is 8.32. The van der Waals surface area contributed by atoms with E-state index in [2.05, 4.69) is 30.9 Å². The molecule has 1 aliphatic heterocycles. The van der Waals surface area contributed by atoms with Gasteiger partial charge in [-0.15, -0.1) is 0 Å². The molecule has 1 aromatic carbocycles. The van der Waals surface area contributed by atoms with Gasteiger partial charge in [-0.25, -0.2) is 0 Å². The zero-order valence-corrected chi connectivity index (χ0v) is 13.0. The Morgan fingerprint density at radius 3 is 2.40 bits per heavy atom. The number of halogens is 1. The molecule has 1 aromatic rings. The summed E-state index contributed by atoms with van der Waals surface area (Å²) in [5.74, 6) is 0.885. The molecule has 2 aliphatic rings. The third kappa shape index (κ3) is 2.05. The number of hydrogen-bond acceptors (Lipinski definition) is 1. The molecule has 1 saturated carbocycles. The molecule has 2 nitrogen and oxygen atoms in total. The van der Waals surface area contributed by atoms with E-state index in [9.17, 15) is 4.79 Å². The molecule has 1 aliphatic carbocycles. The van der Waals surface area contributed by atoms with Crippen LogP contribution in [-0.2, 0) is 4.79 Å². The monoisotopic (exact) mass is 291 g/mol. The Bertz CT molecular complexity index is 502.